The van der Waals surface area contributed by atoms with Gasteiger partial charge in [-0.15, -0.1) is 5.10 Å². The molecule has 6 nitrogen and oxygen atoms in total. The molecule has 0 aliphatic carbocycles. The van der Waals surface area contributed by atoms with Gasteiger partial charge in [-0.05, 0) is 19.9 Å². The van der Waals surface area contributed by atoms with E-state index in [9.17, 15) is 4.79 Å². The highest BCUT2D eigenvalue weighted by Gasteiger charge is 2.20. The van der Waals surface area contributed by atoms with Gasteiger partial charge in [0.25, 0.3) is 0 Å². The predicted molar refractivity (Wildman–Crippen MR) is 78.6 cm³/mol. The van der Waals surface area contributed by atoms with Crippen LogP contribution >= 0.6 is 23.2 Å². The number of carbonyl (C=O) groups excluding carboxylic acids is 1. The molecule has 0 radical (unpaired) electrons. The van der Waals surface area contributed by atoms with Gasteiger partial charge in [-0.3, -0.25) is 0 Å². The van der Waals surface area contributed by atoms with Crippen LogP contribution in [0.1, 0.15) is 23.1 Å². The van der Waals surface area contributed by atoms with E-state index < -0.39 is 5.97 Å². The number of aromatic nitrogens is 3. The Bertz CT molecular complexity index is 686. The average Bonchev–Trinajstić information content (AvgIpc) is 2.83. The van der Waals surface area contributed by atoms with Crippen molar-refractivity contribution in [3.05, 3.63) is 33.6 Å². The molecule has 8 heteroatoms. The Kier molecular flexibility index (Phi) is 4.69. The van der Waals surface area contributed by atoms with Crippen LogP contribution < -0.4 is 4.74 Å². The Morgan fingerprint density at radius 2 is 2.00 bits per heavy atom. The molecule has 1 heterocycles. The summed E-state index contributed by atoms with van der Waals surface area (Å²) in [6.07, 6.45) is 0. The van der Waals surface area contributed by atoms with Crippen LogP contribution in [0.4, 0.5) is 0 Å². The lowest BCUT2D eigenvalue weighted by atomic mass is 10.2. The molecule has 0 aliphatic heterocycles. The van der Waals surface area contributed by atoms with Gasteiger partial charge >= 0.3 is 5.97 Å². The SMILES string of the molecule is CCOC(=O)c1nnn(-c2cc(Cl)c(Cl)cc2OC)c1C. The van der Waals surface area contributed by atoms with Crippen LogP contribution in [0.3, 0.4) is 0 Å². The molecule has 1 aromatic carbocycles. The van der Waals surface area contributed by atoms with Gasteiger partial charge in [0.1, 0.15) is 11.4 Å². The van der Waals surface area contributed by atoms with Gasteiger partial charge in [0, 0.05) is 6.07 Å². The van der Waals surface area contributed by atoms with E-state index in [4.69, 9.17) is 32.7 Å². The molecule has 0 amide bonds. The van der Waals surface area contributed by atoms with E-state index in [-0.39, 0.29) is 12.3 Å². The summed E-state index contributed by atoms with van der Waals surface area (Å²) < 4.78 is 11.6. The Balaban J connectivity index is 2.53. The fraction of sp³-hybridized carbons (Fsp3) is 0.308. The largest absolute Gasteiger partial charge is 0.494 e. The number of rotatable bonds is 4. The second kappa shape index (κ2) is 6.32. The maximum Gasteiger partial charge on any atom is 0.360 e. The van der Waals surface area contributed by atoms with E-state index in [0.29, 0.717) is 27.2 Å². The monoisotopic (exact) mass is 329 g/mol. The Labute approximate surface area is 131 Å². The zero-order valence-corrected chi connectivity index (χ0v) is 13.2. The highest BCUT2D eigenvalue weighted by atomic mass is 35.5. The highest BCUT2D eigenvalue weighted by molar-refractivity contribution is 6.42. The van der Waals surface area contributed by atoms with Crippen molar-refractivity contribution in [1.29, 1.82) is 0 Å². The van der Waals surface area contributed by atoms with Crippen LogP contribution in [0, 0.1) is 6.92 Å². The second-order valence-corrected chi connectivity index (χ2v) is 4.91. The second-order valence-electron chi connectivity index (χ2n) is 4.09. The third-order valence-corrected chi connectivity index (χ3v) is 3.54. The fourth-order valence-corrected chi connectivity index (χ4v) is 2.10. The number of hydrogen-bond acceptors (Lipinski definition) is 5. The lowest BCUT2D eigenvalue weighted by Crippen LogP contribution is -2.08. The minimum Gasteiger partial charge on any atom is -0.494 e. The van der Waals surface area contributed by atoms with E-state index in [1.54, 1.807) is 26.0 Å². The first-order valence-electron chi connectivity index (χ1n) is 6.12. The summed E-state index contributed by atoms with van der Waals surface area (Å²) in [6.45, 7) is 3.69. The van der Waals surface area contributed by atoms with Crippen LogP contribution in [0.5, 0.6) is 5.75 Å². The number of methoxy groups -OCH3 is 1. The average molecular weight is 330 g/mol. The van der Waals surface area contributed by atoms with Crippen molar-refractivity contribution < 1.29 is 14.3 Å². The fourth-order valence-electron chi connectivity index (χ4n) is 1.79. The highest BCUT2D eigenvalue weighted by Crippen LogP contribution is 2.33. The standard InChI is InChI=1S/C13H13Cl2N3O3/c1-4-21-13(19)12-7(2)18(17-16-12)10-5-8(14)9(15)6-11(10)20-3/h5-6H,4H2,1-3H3. The van der Waals surface area contributed by atoms with Gasteiger partial charge in [-0.1, -0.05) is 28.4 Å². The number of benzene rings is 1. The van der Waals surface area contributed by atoms with Gasteiger partial charge < -0.3 is 9.47 Å². The van der Waals surface area contributed by atoms with Crippen molar-refractivity contribution in [1.82, 2.24) is 15.0 Å². The van der Waals surface area contributed by atoms with Gasteiger partial charge in [0.15, 0.2) is 5.69 Å². The van der Waals surface area contributed by atoms with Gasteiger partial charge in [-0.2, -0.15) is 0 Å². The molecule has 0 spiro atoms. The molecule has 112 valence electrons. The summed E-state index contributed by atoms with van der Waals surface area (Å²) in [7, 11) is 1.50. The summed E-state index contributed by atoms with van der Waals surface area (Å²) in [5, 5.41) is 8.51. The number of esters is 1. The molecule has 0 saturated heterocycles. The van der Waals surface area contributed by atoms with E-state index >= 15 is 0 Å². The van der Waals surface area contributed by atoms with Crippen LogP contribution in [0.2, 0.25) is 10.0 Å². The molecule has 2 rings (SSSR count). The number of ether oxygens (including phenoxy) is 2. The lowest BCUT2D eigenvalue weighted by Gasteiger charge is -2.11. The van der Waals surface area contributed by atoms with Crippen LogP contribution in [-0.2, 0) is 4.74 Å². The van der Waals surface area contributed by atoms with Gasteiger partial charge in [-0.25, -0.2) is 9.48 Å². The third-order valence-electron chi connectivity index (χ3n) is 2.81. The molecular weight excluding hydrogens is 317 g/mol. The maximum absolute atomic E-state index is 11.8. The summed E-state index contributed by atoms with van der Waals surface area (Å²) in [5.41, 5.74) is 1.20. The first-order valence-corrected chi connectivity index (χ1v) is 6.88. The van der Waals surface area contributed by atoms with Crippen molar-refractivity contribution in [2.24, 2.45) is 0 Å². The van der Waals surface area contributed by atoms with Crippen LogP contribution in [0.25, 0.3) is 5.69 Å². The normalized spacial score (nSPS) is 10.5. The van der Waals surface area contributed by atoms with Crippen molar-refractivity contribution in [3.8, 4) is 11.4 Å². The molecule has 0 unspecified atom stereocenters. The minimum atomic E-state index is -0.528. The molecule has 0 atom stereocenters. The number of carbonyl (C=O) groups is 1. The topological polar surface area (TPSA) is 66.2 Å². The zero-order chi connectivity index (χ0) is 15.6. The van der Waals surface area contributed by atoms with Crippen LogP contribution in [0.15, 0.2) is 12.1 Å². The third kappa shape index (κ3) is 2.96. The van der Waals surface area contributed by atoms with Crippen molar-refractivity contribution in [2.75, 3.05) is 13.7 Å². The molecule has 1 aromatic heterocycles. The number of nitrogens with zero attached hydrogens (tertiary/aromatic N) is 3. The maximum atomic E-state index is 11.8. The van der Waals surface area contributed by atoms with E-state index in [0.717, 1.165) is 0 Å². The first-order chi connectivity index (χ1) is 9.99. The predicted octanol–water partition coefficient (Wildman–Crippen LogP) is 3.07. The summed E-state index contributed by atoms with van der Waals surface area (Å²) in [6, 6.07) is 3.17. The van der Waals surface area contributed by atoms with Crippen LogP contribution in [-0.4, -0.2) is 34.7 Å². The molecule has 2 aromatic rings. The van der Waals surface area contributed by atoms with E-state index in [1.165, 1.54) is 11.8 Å². The van der Waals surface area contributed by atoms with Crippen molar-refractivity contribution >= 4 is 29.2 Å². The van der Waals surface area contributed by atoms with E-state index in [1.807, 2.05) is 0 Å². The minimum absolute atomic E-state index is 0.143. The molecule has 0 saturated carbocycles. The zero-order valence-electron chi connectivity index (χ0n) is 11.7. The molecule has 0 N–H and O–H groups in total. The summed E-state index contributed by atoms with van der Waals surface area (Å²) in [4.78, 5) is 11.8. The smallest absolute Gasteiger partial charge is 0.360 e. The number of hydrogen-bond donors (Lipinski definition) is 0. The van der Waals surface area contributed by atoms with Crippen molar-refractivity contribution in [3.63, 3.8) is 0 Å². The Morgan fingerprint density at radius 3 is 2.62 bits per heavy atom. The number of halogens is 2. The Hall–Kier alpha value is -1.79. The quantitative estimate of drug-likeness (QED) is 0.806. The first kappa shape index (κ1) is 15.6. The van der Waals surface area contributed by atoms with Gasteiger partial charge in [0.05, 0.1) is 29.5 Å². The molecule has 0 fully saturated rings. The van der Waals surface area contributed by atoms with E-state index in [2.05, 4.69) is 10.3 Å². The lowest BCUT2D eigenvalue weighted by molar-refractivity contribution is 0.0518. The van der Waals surface area contributed by atoms with Crippen molar-refractivity contribution in [2.45, 2.75) is 13.8 Å². The Morgan fingerprint density at radius 1 is 1.33 bits per heavy atom. The molecule has 21 heavy (non-hydrogen) atoms. The summed E-state index contributed by atoms with van der Waals surface area (Å²) >= 11 is 12.0. The van der Waals surface area contributed by atoms with Gasteiger partial charge in [0.2, 0.25) is 0 Å². The summed E-state index contributed by atoms with van der Waals surface area (Å²) in [5.74, 6) is -0.0620. The molecule has 0 aliphatic rings. The molecular formula is C13H13Cl2N3O3. The molecule has 0 bridgehead atoms.